The molecule has 0 bridgehead atoms. The summed E-state index contributed by atoms with van der Waals surface area (Å²) < 4.78 is 0. The van der Waals surface area contributed by atoms with Gasteiger partial charge in [0.15, 0.2) is 0 Å². The molecule has 0 saturated heterocycles. The van der Waals surface area contributed by atoms with Gasteiger partial charge in [0.25, 0.3) is 0 Å². The normalized spacial score (nSPS) is 25.1. The van der Waals surface area contributed by atoms with E-state index in [1.54, 1.807) is 0 Å². The van der Waals surface area contributed by atoms with Crippen molar-refractivity contribution in [1.29, 1.82) is 0 Å². The van der Waals surface area contributed by atoms with Crippen LogP contribution in [0, 0.1) is 0 Å². The van der Waals surface area contributed by atoms with E-state index in [1.165, 1.54) is 0 Å². The van der Waals surface area contributed by atoms with Crippen molar-refractivity contribution in [3.8, 4) is 0 Å². The molecule has 4 nitrogen and oxygen atoms in total. The summed E-state index contributed by atoms with van der Waals surface area (Å²) >= 11 is 0. The maximum atomic E-state index is 9.72. The lowest BCUT2D eigenvalue weighted by atomic mass is 10.2. The Kier molecular flexibility index (Phi) is 2.29. The number of fused-ring (bicyclic) bond motifs is 1. The Morgan fingerprint density at radius 2 is 2.19 bits per heavy atom. The van der Waals surface area contributed by atoms with Crippen molar-refractivity contribution >= 4 is 17.0 Å². The van der Waals surface area contributed by atoms with Crippen molar-refractivity contribution in [3.63, 3.8) is 0 Å². The van der Waals surface area contributed by atoms with E-state index in [0.29, 0.717) is 0 Å². The maximum absolute atomic E-state index is 9.72. The molecule has 0 unspecified atom stereocenters. The third kappa shape index (κ3) is 1.65. The Morgan fingerprint density at radius 3 is 2.94 bits per heavy atom. The highest BCUT2D eigenvalue weighted by atomic mass is 16.3. The second-order valence-electron chi connectivity index (χ2n) is 4.35. The van der Waals surface area contributed by atoms with E-state index in [0.717, 1.165) is 36.2 Å². The van der Waals surface area contributed by atoms with E-state index in [-0.39, 0.29) is 12.1 Å². The molecule has 3 N–H and O–H groups in total. The first kappa shape index (κ1) is 9.66. The smallest absolute Gasteiger partial charge is 0.201 e. The van der Waals surface area contributed by atoms with Crippen molar-refractivity contribution in [2.45, 2.75) is 31.4 Å². The number of rotatable bonds is 2. The zero-order valence-electron chi connectivity index (χ0n) is 8.98. The molecular formula is C12H15N3O. The third-order valence-electron chi connectivity index (χ3n) is 3.19. The molecule has 84 valence electrons. The van der Waals surface area contributed by atoms with Gasteiger partial charge in [-0.15, -0.1) is 0 Å². The Bertz CT molecular complexity index is 461. The summed E-state index contributed by atoms with van der Waals surface area (Å²) in [7, 11) is 0. The molecule has 3 rings (SSSR count). The van der Waals surface area contributed by atoms with Crippen LogP contribution in [0.5, 0.6) is 0 Å². The minimum atomic E-state index is -0.242. The second-order valence-corrected chi connectivity index (χ2v) is 4.35. The monoisotopic (exact) mass is 217 g/mol. The zero-order valence-corrected chi connectivity index (χ0v) is 8.98. The fourth-order valence-corrected chi connectivity index (χ4v) is 2.31. The molecule has 1 heterocycles. The fourth-order valence-electron chi connectivity index (χ4n) is 2.31. The number of para-hydroxylation sites is 2. The minimum Gasteiger partial charge on any atom is -0.391 e. The first-order chi connectivity index (χ1) is 7.83. The van der Waals surface area contributed by atoms with Crippen LogP contribution in [0.4, 0.5) is 5.95 Å². The number of aliphatic hydroxyl groups is 1. The number of hydrogen-bond acceptors (Lipinski definition) is 3. The van der Waals surface area contributed by atoms with Gasteiger partial charge < -0.3 is 15.4 Å². The van der Waals surface area contributed by atoms with Crippen LogP contribution < -0.4 is 5.32 Å². The summed E-state index contributed by atoms with van der Waals surface area (Å²) in [5.74, 6) is 0.757. The van der Waals surface area contributed by atoms with Crippen LogP contribution >= 0.6 is 0 Å². The maximum Gasteiger partial charge on any atom is 0.201 e. The highest BCUT2D eigenvalue weighted by Gasteiger charge is 2.25. The standard InChI is InChI=1S/C12H15N3O/c16-11-7-3-6-10(11)15-12-13-8-4-1-2-5-9(8)14-12/h1-2,4-5,10-11,16H,3,6-7H2,(H2,13,14,15)/t10-,11+/m0/s1. The largest absolute Gasteiger partial charge is 0.391 e. The lowest BCUT2D eigenvalue weighted by Gasteiger charge is -2.15. The quantitative estimate of drug-likeness (QED) is 0.720. The number of benzene rings is 1. The molecule has 0 amide bonds. The van der Waals surface area contributed by atoms with Crippen molar-refractivity contribution in [3.05, 3.63) is 24.3 Å². The predicted molar refractivity (Wildman–Crippen MR) is 63.4 cm³/mol. The molecule has 2 aromatic rings. The van der Waals surface area contributed by atoms with Gasteiger partial charge in [0, 0.05) is 0 Å². The van der Waals surface area contributed by atoms with Crippen molar-refractivity contribution in [2.24, 2.45) is 0 Å². The van der Waals surface area contributed by atoms with Gasteiger partial charge in [0.1, 0.15) is 0 Å². The number of imidazole rings is 1. The molecule has 2 atom stereocenters. The summed E-state index contributed by atoms with van der Waals surface area (Å²) in [6.07, 6.45) is 2.74. The predicted octanol–water partition coefficient (Wildman–Crippen LogP) is 1.89. The highest BCUT2D eigenvalue weighted by Crippen LogP contribution is 2.22. The molecular weight excluding hydrogens is 202 g/mol. The van der Waals surface area contributed by atoms with E-state index < -0.39 is 0 Å². The first-order valence-electron chi connectivity index (χ1n) is 5.72. The van der Waals surface area contributed by atoms with E-state index >= 15 is 0 Å². The third-order valence-corrected chi connectivity index (χ3v) is 3.19. The van der Waals surface area contributed by atoms with Crippen LogP contribution in [0.2, 0.25) is 0 Å². The molecule has 0 aliphatic heterocycles. The number of H-pyrrole nitrogens is 1. The summed E-state index contributed by atoms with van der Waals surface area (Å²) in [6.45, 7) is 0. The van der Waals surface area contributed by atoms with Crippen LogP contribution in [0.25, 0.3) is 11.0 Å². The van der Waals surface area contributed by atoms with Crippen LogP contribution in [0.3, 0.4) is 0 Å². The van der Waals surface area contributed by atoms with Crippen LogP contribution in [-0.2, 0) is 0 Å². The number of aromatic nitrogens is 2. The van der Waals surface area contributed by atoms with Crippen molar-refractivity contribution < 1.29 is 5.11 Å². The minimum absolute atomic E-state index is 0.139. The van der Waals surface area contributed by atoms with E-state index in [4.69, 9.17) is 0 Å². The van der Waals surface area contributed by atoms with Crippen LogP contribution in [0.1, 0.15) is 19.3 Å². The first-order valence-corrected chi connectivity index (χ1v) is 5.72. The van der Waals surface area contributed by atoms with Crippen LogP contribution in [-0.4, -0.2) is 27.2 Å². The molecule has 1 fully saturated rings. The number of nitrogens with zero attached hydrogens (tertiary/aromatic N) is 1. The van der Waals surface area contributed by atoms with Crippen molar-refractivity contribution in [2.75, 3.05) is 5.32 Å². The van der Waals surface area contributed by atoms with E-state index in [1.807, 2.05) is 24.3 Å². The number of nitrogens with one attached hydrogen (secondary N) is 2. The van der Waals surface area contributed by atoms with Gasteiger partial charge in [-0.25, -0.2) is 4.98 Å². The summed E-state index contributed by atoms with van der Waals surface area (Å²) in [4.78, 5) is 7.64. The lowest BCUT2D eigenvalue weighted by Crippen LogP contribution is -2.28. The Hall–Kier alpha value is -1.55. The molecule has 1 saturated carbocycles. The van der Waals surface area contributed by atoms with Gasteiger partial charge in [-0.1, -0.05) is 12.1 Å². The molecule has 1 aliphatic carbocycles. The number of anilines is 1. The zero-order chi connectivity index (χ0) is 11.0. The van der Waals surface area contributed by atoms with Gasteiger partial charge in [0.2, 0.25) is 5.95 Å². The Morgan fingerprint density at radius 1 is 1.31 bits per heavy atom. The average Bonchev–Trinajstić information content (AvgIpc) is 2.85. The molecule has 16 heavy (non-hydrogen) atoms. The van der Waals surface area contributed by atoms with E-state index in [2.05, 4.69) is 15.3 Å². The van der Waals surface area contributed by atoms with Crippen molar-refractivity contribution in [1.82, 2.24) is 9.97 Å². The van der Waals surface area contributed by atoms with Gasteiger partial charge >= 0.3 is 0 Å². The summed E-state index contributed by atoms with van der Waals surface area (Å²) in [6, 6.07) is 8.06. The molecule has 1 aliphatic rings. The molecule has 1 aromatic heterocycles. The number of hydrogen-bond donors (Lipinski definition) is 3. The van der Waals surface area contributed by atoms with Gasteiger partial charge in [-0.3, -0.25) is 0 Å². The summed E-state index contributed by atoms with van der Waals surface area (Å²) in [5.41, 5.74) is 1.98. The lowest BCUT2D eigenvalue weighted by molar-refractivity contribution is 0.171. The molecule has 1 aromatic carbocycles. The second kappa shape index (κ2) is 3.79. The number of aromatic amines is 1. The van der Waals surface area contributed by atoms with Gasteiger partial charge in [-0.05, 0) is 31.4 Å². The summed E-state index contributed by atoms with van der Waals surface area (Å²) in [5, 5.41) is 13.0. The fraction of sp³-hybridized carbons (Fsp3) is 0.417. The SMILES string of the molecule is O[C@@H]1CCC[C@@H]1Nc1nc2ccccc2[nH]1. The van der Waals surface area contributed by atoms with Gasteiger partial charge in [-0.2, -0.15) is 0 Å². The topological polar surface area (TPSA) is 60.9 Å². The Balaban J connectivity index is 1.83. The molecule has 0 radical (unpaired) electrons. The van der Waals surface area contributed by atoms with Gasteiger partial charge in [0.05, 0.1) is 23.2 Å². The number of aliphatic hydroxyl groups excluding tert-OH is 1. The highest BCUT2D eigenvalue weighted by molar-refractivity contribution is 5.77. The van der Waals surface area contributed by atoms with E-state index in [9.17, 15) is 5.11 Å². The molecule has 4 heteroatoms. The average molecular weight is 217 g/mol. The Labute approximate surface area is 93.7 Å². The molecule has 0 spiro atoms. The van der Waals surface area contributed by atoms with Crippen LogP contribution in [0.15, 0.2) is 24.3 Å².